The van der Waals surface area contributed by atoms with Crippen LogP contribution in [0.25, 0.3) is 0 Å². The molecule has 0 bridgehead atoms. The Hall–Kier alpha value is -1.27. The van der Waals surface area contributed by atoms with E-state index >= 15 is 0 Å². The highest BCUT2D eigenvalue weighted by atomic mass is 32.1. The Morgan fingerprint density at radius 3 is 2.81 bits per heavy atom. The highest BCUT2D eigenvalue weighted by Gasteiger charge is 2.10. The molecule has 5 nitrogen and oxygen atoms in total. The number of nitrogens with zero attached hydrogens (tertiary/aromatic N) is 3. The third kappa shape index (κ3) is 2.65. The van der Waals surface area contributed by atoms with Crippen LogP contribution in [0.4, 0.5) is 0 Å². The van der Waals surface area contributed by atoms with E-state index < -0.39 is 0 Å². The van der Waals surface area contributed by atoms with Crippen LogP contribution in [0, 0.1) is 13.8 Å². The minimum absolute atomic E-state index is 0.192. The maximum absolute atomic E-state index is 5.01. The van der Waals surface area contributed by atoms with Crippen LogP contribution in [0.2, 0.25) is 0 Å². The van der Waals surface area contributed by atoms with Gasteiger partial charge in [-0.3, -0.25) is 0 Å². The molecule has 0 aromatic carbocycles. The van der Waals surface area contributed by atoms with Gasteiger partial charge in [-0.2, -0.15) is 4.98 Å². The zero-order valence-corrected chi connectivity index (χ0v) is 10.3. The second-order valence-corrected chi connectivity index (χ2v) is 4.69. The molecule has 0 radical (unpaired) electrons. The minimum Gasteiger partial charge on any atom is -0.338 e. The van der Waals surface area contributed by atoms with E-state index in [2.05, 4.69) is 32.7 Å². The number of aromatic nitrogens is 3. The summed E-state index contributed by atoms with van der Waals surface area (Å²) in [5, 5.41) is 10.2. The van der Waals surface area contributed by atoms with Crippen molar-refractivity contribution < 1.29 is 4.52 Å². The summed E-state index contributed by atoms with van der Waals surface area (Å²) in [6.07, 6.45) is 0. The summed E-state index contributed by atoms with van der Waals surface area (Å²) < 4.78 is 5.01. The van der Waals surface area contributed by atoms with Gasteiger partial charge in [0.1, 0.15) is 0 Å². The van der Waals surface area contributed by atoms with E-state index in [9.17, 15) is 0 Å². The first-order chi connectivity index (χ1) is 7.65. The molecular formula is C10H14N4OS. The molecule has 1 atom stereocenters. The van der Waals surface area contributed by atoms with Crippen LogP contribution in [0.1, 0.15) is 35.4 Å². The third-order valence-corrected chi connectivity index (χ3v) is 3.00. The van der Waals surface area contributed by atoms with Gasteiger partial charge in [-0.1, -0.05) is 5.16 Å². The molecule has 1 N–H and O–H groups in total. The van der Waals surface area contributed by atoms with E-state index in [1.54, 1.807) is 18.3 Å². The lowest BCUT2D eigenvalue weighted by atomic mass is 10.2. The molecule has 0 aliphatic rings. The fourth-order valence-corrected chi connectivity index (χ4v) is 2.04. The number of nitrogens with one attached hydrogen (secondary N) is 1. The Labute approximate surface area is 97.9 Å². The smallest absolute Gasteiger partial charge is 0.240 e. The van der Waals surface area contributed by atoms with E-state index in [-0.39, 0.29) is 6.04 Å². The SMILES string of the molecule is Cc1noc(CNC(C)c2csc(C)n2)n1. The second kappa shape index (κ2) is 4.71. The first-order valence-electron chi connectivity index (χ1n) is 5.10. The van der Waals surface area contributed by atoms with E-state index in [1.165, 1.54) is 0 Å². The normalized spacial score (nSPS) is 12.9. The fraction of sp³-hybridized carbons (Fsp3) is 0.500. The predicted octanol–water partition coefficient (Wildman–Crippen LogP) is 1.99. The van der Waals surface area contributed by atoms with Gasteiger partial charge in [0, 0.05) is 11.4 Å². The van der Waals surface area contributed by atoms with Crippen molar-refractivity contribution in [3.63, 3.8) is 0 Å². The van der Waals surface area contributed by atoms with Gasteiger partial charge in [-0.15, -0.1) is 11.3 Å². The van der Waals surface area contributed by atoms with Crippen molar-refractivity contribution in [3.8, 4) is 0 Å². The number of rotatable bonds is 4. The van der Waals surface area contributed by atoms with Crippen LogP contribution < -0.4 is 5.32 Å². The predicted molar refractivity (Wildman–Crippen MR) is 61.1 cm³/mol. The van der Waals surface area contributed by atoms with Crippen LogP contribution in [-0.4, -0.2) is 15.1 Å². The van der Waals surface area contributed by atoms with Gasteiger partial charge in [0.15, 0.2) is 5.82 Å². The molecule has 2 aromatic rings. The van der Waals surface area contributed by atoms with Gasteiger partial charge in [-0.25, -0.2) is 4.98 Å². The zero-order chi connectivity index (χ0) is 11.5. The van der Waals surface area contributed by atoms with Crippen molar-refractivity contribution in [1.82, 2.24) is 20.4 Å². The molecule has 0 saturated carbocycles. The number of thiazole rings is 1. The Balaban J connectivity index is 1.91. The van der Waals surface area contributed by atoms with Gasteiger partial charge >= 0.3 is 0 Å². The average molecular weight is 238 g/mol. The maximum atomic E-state index is 5.01. The zero-order valence-electron chi connectivity index (χ0n) is 9.52. The van der Waals surface area contributed by atoms with Crippen molar-refractivity contribution in [2.75, 3.05) is 0 Å². The van der Waals surface area contributed by atoms with Crippen molar-refractivity contribution in [2.45, 2.75) is 33.4 Å². The molecule has 0 fully saturated rings. The second-order valence-electron chi connectivity index (χ2n) is 3.63. The van der Waals surface area contributed by atoms with Gasteiger partial charge in [0.25, 0.3) is 0 Å². The lowest BCUT2D eigenvalue weighted by molar-refractivity contribution is 0.357. The van der Waals surface area contributed by atoms with Crippen LogP contribution in [0.15, 0.2) is 9.90 Å². The summed E-state index contributed by atoms with van der Waals surface area (Å²) in [5.74, 6) is 1.27. The lowest BCUT2D eigenvalue weighted by Crippen LogP contribution is -2.18. The van der Waals surface area contributed by atoms with Crippen LogP contribution >= 0.6 is 11.3 Å². The summed E-state index contributed by atoms with van der Waals surface area (Å²) in [5.41, 5.74) is 1.05. The van der Waals surface area contributed by atoms with E-state index in [4.69, 9.17) is 4.52 Å². The van der Waals surface area contributed by atoms with E-state index in [0.29, 0.717) is 18.3 Å². The van der Waals surface area contributed by atoms with Crippen LogP contribution in [0.3, 0.4) is 0 Å². The average Bonchev–Trinajstić information content (AvgIpc) is 2.84. The minimum atomic E-state index is 0.192. The van der Waals surface area contributed by atoms with Crippen molar-refractivity contribution in [2.24, 2.45) is 0 Å². The van der Waals surface area contributed by atoms with Gasteiger partial charge < -0.3 is 9.84 Å². The molecule has 2 rings (SSSR count). The molecule has 16 heavy (non-hydrogen) atoms. The number of hydrogen-bond acceptors (Lipinski definition) is 6. The van der Waals surface area contributed by atoms with Crippen molar-refractivity contribution in [3.05, 3.63) is 27.8 Å². The fourth-order valence-electron chi connectivity index (χ4n) is 1.34. The first-order valence-corrected chi connectivity index (χ1v) is 5.97. The molecular weight excluding hydrogens is 224 g/mol. The molecule has 0 amide bonds. The molecule has 0 aliphatic carbocycles. The maximum Gasteiger partial charge on any atom is 0.240 e. The summed E-state index contributed by atoms with van der Waals surface area (Å²) in [6.45, 7) is 6.44. The quantitative estimate of drug-likeness (QED) is 0.882. The van der Waals surface area contributed by atoms with Crippen molar-refractivity contribution in [1.29, 1.82) is 0 Å². The van der Waals surface area contributed by atoms with E-state index in [1.807, 2.05) is 6.92 Å². The monoisotopic (exact) mass is 238 g/mol. The molecule has 6 heteroatoms. The number of hydrogen-bond donors (Lipinski definition) is 1. The number of aryl methyl sites for hydroxylation is 2. The first kappa shape index (κ1) is 11.2. The third-order valence-electron chi connectivity index (χ3n) is 2.21. The standard InChI is InChI=1S/C10H14N4OS/c1-6(9-5-16-8(3)13-9)11-4-10-12-7(2)14-15-10/h5-6,11H,4H2,1-3H3. The van der Waals surface area contributed by atoms with Crippen molar-refractivity contribution >= 4 is 11.3 Å². The summed E-state index contributed by atoms with van der Waals surface area (Å²) >= 11 is 1.66. The van der Waals surface area contributed by atoms with Crippen LogP contribution in [0.5, 0.6) is 0 Å². The molecule has 2 heterocycles. The van der Waals surface area contributed by atoms with E-state index in [0.717, 1.165) is 10.7 Å². The van der Waals surface area contributed by atoms with Gasteiger partial charge in [0.05, 0.1) is 17.2 Å². The summed E-state index contributed by atoms with van der Waals surface area (Å²) in [6, 6.07) is 0.192. The molecule has 0 aliphatic heterocycles. The molecule has 2 aromatic heterocycles. The highest BCUT2D eigenvalue weighted by molar-refractivity contribution is 7.09. The molecule has 86 valence electrons. The Bertz CT molecular complexity index is 465. The van der Waals surface area contributed by atoms with Crippen LogP contribution in [-0.2, 0) is 6.54 Å². The Morgan fingerprint density at radius 2 is 2.25 bits per heavy atom. The largest absolute Gasteiger partial charge is 0.338 e. The lowest BCUT2D eigenvalue weighted by Gasteiger charge is -2.08. The topological polar surface area (TPSA) is 63.8 Å². The molecule has 0 saturated heterocycles. The summed E-state index contributed by atoms with van der Waals surface area (Å²) in [4.78, 5) is 8.54. The Morgan fingerprint density at radius 1 is 1.44 bits per heavy atom. The highest BCUT2D eigenvalue weighted by Crippen LogP contribution is 2.15. The molecule has 0 spiro atoms. The molecule has 1 unspecified atom stereocenters. The van der Waals surface area contributed by atoms with Gasteiger partial charge in [-0.05, 0) is 20.8 Å². The summed E-state index contributed by atoms with van der Waals surface area (Å²) in [7, 11) is 0. The van der Waals surface area contributed by atoms with Gasteiger partial charge in [0.2, 0.25) is 5.89 Å². The Kier molecular flexibility index (Phi) is 3.31.